The molecule has 5 nitrogen and oxygen atoms in total. The Morgan fingerprint density at radius 3 is 3.12 bits per heavy atom. The van der Waals surface area contributed by atoms with Gasteiger partial charge in [-0.15, -0.1) is 0 Å². The Labute approximate surface area is 101 Å². The van der Waals surface area contributed by atoms with Crippen molar-refractivity contribution in [1.82, 2.24) is 15.1 Å². The van der Waals surface area contributed by atoms with E-state index in [2.05, 4.69) is 10.4 Å². The first-order valence-electron chi connectivity index (χ1n) is 5.95. The number of aryl methyl sites for hydroxylation is 1. The second-order valence-electron chi connectivity index (χ2n) is 5.13. The van der Waals surface area contributed by atoms with Gasteiger partial charge in [0.05, 0.1) is 18.4 Å². The highest BCUT2D eigenvalue weighted by Gasteiger charge is 2.39. The Bertz CT molecular complexity index is 416. The van der Waals surface area contributed by atoms with Crippen LogP contribution in [0.4, 0.5) is 0 Å². The summed E-state index contributed by atoms with van der Waals surface area (Å²) in [6, 6.07) is 0.0557. The molecule has 1 saturated carbocycles. The van der Waals surface area contributed by atoms with E-state index in [1.165, 1.54) is 0 Å². The summed E-state index contributed by atoms with van der Waals surface area (Å²) in [6.45, 7) is 2.14. The number of carbonyl (C=O) groups excluding carboxylic acids is 1. The maximum atomic E-state index is 12.0. The third-order valence-corrected chi connectivity index (χ3v) is 3.72. The molecule has 0 aliphatic heterocycles. The Kier molecular flexibility index (Phi) is 3.19. The van der Waals surface area contributed by atoms with Gasteiger partial charge in [0.2, 0.25) is 0 Å². The molecule has 1 aromatic heterocycles. The summed E-state index contributed by atoms with van der Waals surface area (Å²) in [4.78, 5) is 12.0. The summed E-state index contributed by atoms with van der Waals surface area (Å²) >= 11 is 0. The highest BCUT2D eigenvalue weighted by Crippen LogP contribution is 2.37. The van der Waals surface area contributed by atoms with Crippen LogP contribution in [0.25, 0.3) is 0 Å². The van der Waals surface area contributed by atoms with E-state index < -0.39 is 0 Å². The number of amides is 1. The second kappa shape index (κ2) is 4.49. The first-order valence-corrected chi connectivity index (χ1v) is 5.95. The van der Waals surface area contributed by atoms with E-state index in [1.807, 2.05) is 6.92 Å². The molecule has 1 aliphatic rings. The van der Waals surface area contributed by atoms with Crippen LogP contribution < -0.4 is 5.32 Å². The molecular formula is C12H19N3O2. The van der Waals surface area contributed by atoms with Gasteiger partial charge in [0.15, 0.2) is 0 Å². The van der Waals surface area contributed by atoms with Crippen LogP contribution in [0.1, 0.15) is 36.5 Å². The van der Waals surface area contributed by atoms with E-state index in [-0.39, 0.29) is 24.0 Å². The predicted octanol–water partition coefficient (Wildman–Crippen LogP) is 0.701. The van der Waals surface area contributed by atoms with E-state index in [4.69, 9.17) is 0 Å². The molecule has 2 unspecified atom stereocenters. The number of nitrogens with zero attached hydrogens (tertiary/aromatic N) is 2. The maximum Gasteiger partial charge on any atom is 0.254 e. The lowest BCUT2D eigenvalue weighted by molar-refractivity contribution is 0.0830. The van der Waals surface area contributed by atoms with Crippen molar-refractivity contribution in [2.75, 3.05) is 6.61 Å². The minimum absolute atomic E-state index is 0.0557. The van der Waals surface area contributed by atoms with Gasteiger partial charge in [-0.3, -0.25) is 9.48 Å². The minimum atomic E-state index is -0.183. The number of hydrogen-bond acceptors (Lipinski definition) is 3. The van der Waals surface area contributed by atoms with E-state index in [1.54, 1.807) is 24.1 Å². The van der Waals surface area contributed by atoms with Crippen molar-refractivity contribution in [2.24, 2.45) is 12.5 Å². The van der Waals surface area contributed by atoms with Crippen molar-refractivity contribution in [2.45, 2.75) is 32.2 Å². The summed E-state index contributed by atoms with van der Waals surface area (Å²) in [5.74, 6) is -0.107. The molecule has 1 aliphatic carbocycles. The fourth-order valence-corrected chi connectivity index (χ4v) is 2.45. The van der Waals surface area contributed by atoms with Gasteiger partial charge in [-0.05, 0) is 12.8 Å². The minimum Gasteiger partial charge on any atom is -0.396 e. The molecule has 1 aromatic rings. The lowest BCUT2D eigenvalue weighted by Gasteiger charge is -2.29. The van der Waals surface area contributed by atoms with Gasteiger partial charge in [-0.2, -0.15) is 5.10 Å². The van der Waals surface area contributed by atoms with Gasteiger partial charge in [0, 0.05) is 24.7 Å². The van der Waals surface area contributed by atoms with Crippen molar-refractivity contribution in [3.8, 4) is 0 Å². The van der Waals surface area contributed by atoms with Gasteiger partial charge in [0.1, 0.15) is 0 Å². The second-order valence-corrected chi connectivity index (χ2v) is 5.13. The normalized spacial score (nSPS) is 28.3. The van der Waals surface area contributed by atoms with Crippen LogP contribution in [-0.2, 0) is 7.05 Å². The fourth-order valence-electron chi connectivity index (χ4n) is 2.45. The van der Waals surface area contributed by atoms with Crippen LogP contribution in [0.3, 0.4) is 0 Å². The number of hydrogen-bond donors (Lipinski definition) is 2. The smallest absolute Gasteiger partial charge is 0.254 e. The lowest BCUT2D eigenvalue weighted by Crippen LogP contribution is -2.44. The van der Waals surface area contributed by atoms with Crippen molar-refractivity contribution in [1.29, 1.82) is 0 Å². The molecule has 2 N–H and O–H groups in total. The van der Waals surface area contributed by atoms with Crippen LogP contribution in [0, 0.1) is 5.41 Å². The van der Waals surface area contributed by atoms with E-state index in [0.717, 1.165) is 19.3 Å². The topological polar surface area (TPSA) is 67.2 Å². The zero-order valence-corrected chi connectivity index (χ0v) is 10.3. The maximum absolute atomic E-state index is 12.0. The Balaban J connectivity index is 2.04. The summed E-state index contributed by atoms with van der Waals surface area (Å²) in [5.41, 5.74) is 0.386. The highest BCUT2D eigenvalue weighted by atomic mass is 16.3. The van der Waals surface area contributed by atoms with Gasteiger partial charge >= 0.3 is 0 Å². The number of nitrogens with one attached hydrogen (secondary N) is 1. The van der Waals surface area contributed by atoms with E-state index in [9.17, 15) is 9.90 Å². The van der Waals surface area contributed by atoms with Crippen LogP contribution in [0.2, 0.25) is 0 Å². The molecule has 0 aromatic carbocycles. The number of carbonyl (C=O) groups is 1. The average Bonchev–Trinajstić information content (AvgIpc) is 2.87. The molecule has 0 spiro atoms. The fraction of sp³-hybridized carbons (Fsp3) is 0.667. The molecule has 5 heteroatoms. The van der Waals surface area contributed by atoms with Crippen LogP contribution in [-0.4, -0.2) is 33.4 Å². The zero-order chi connectivity index (χ0) is 12.5. The molecule has 0 radical (unpaired) electrons. The molecule has 17 heavy (non-hydrogen) atoms. The molecule has 94 valence electrons. The third kappa shape index (κ3) is 2.34. The lowest BCUT2D eigenvalue weighted by atomic mass is 9.85. The number of rotatable bonds is 3. The van der Waals surface area contributed by atoms with Crippen LogP contribution in [0.15, 0.2) is 12.4 Å². The largest absolute Gasteiger partial charge is 0.396 e. The molecule has 2 rings (SSSR count). The summed E-state index contributed by atoms with van der Waals surface area (Å²) < 4.78 is 1.61. The third-order valence-electron chi connectivity index (χ3n) is 3.72. The first kappa shape index (κ1) is 12.1. The Morgan fingerprint density at radius 2 is 2.53 bits per heavy atom. The van der Waals surface area contributed by atoms with Crippen molar-refractivity contribution in [3.05, 3.63) is 18.0 Å². The monoisotopic (exact) mass is 237 g/mol. The average molecular weight is 237 g/mol. The van der Waals surface area contributed by atoms with Crippen molar-refractivity contribution < 1.29 is 9.90 Å². The molecule has 0 saturated heterocycles. The molecule has 2 atom stereocenters. The van der Waals surface area contributed by atoms with Gasteiger partial charge in [-0.25, -0.2) is 0 Å². The first-order chi connectivity index (χ1) is 8.05. The van der Waals surface area contributed by atoms with Gasteiger partial charge in [0.25, 0.3) is 5.91 Å². The van der Waals surface area contributed by atoms with E-state index >= 15 is 0 Å². The SMILES string of the molecule is Cn1cc(C(=O)NC2CCCC2(C)CO)cn1. The Morgan fingerprint density at radius 1 is 1.76 bits per heavy atom. The number of aromatic nitrogens is 2. The number of aliphatic hydroxyl groups is 1. The van der Waals surface area contributed by atoms with Gasteiger partial charge < -0.3 is 10.4 Å². The molecular weight excluding hydrogens is 218 g/mol. The molecule has 1 heterocycles. The van der Waals surface area contributed by atoms with Crippen molar-refractivity contribution >= 4 is 5.91 Å². The van der Waals surface area contributed by atoms with Crippen LogP contribution >= 0.6 is 0 Å². The highest BCUT2D eigenvalue weighted by molar-refractivity contribution is 5.93. The molecule has 1 fully saturated rings. The standard InChI is InChI=1S/C12H19N3O2/c1-12(8-16)5-3-4-10(12)14-11(17)9-6-13-15(2)7-9/h6-7,10,16H,3-5,8H2,1-2H3,(H,14,17). The van der Waals surface area contributed by atoms with E-state index in [0.29, 0.717) is 5.56 Å². The van der Waals surface area contributed by atoms with Gasteiger partial charge in [-0.1, -0.05) is 13.3 Å². The summed E-state index contributed by atoms with van der Waals surface area (Å²) in [7, 11) is 1.78. The number of aliphatic hydroxyl groups excluding tert-OH is 1. The molecule has 1 amide bonds. The van der Waals surface area contributed by atoms with Crippen LogP contribution in [0.5, 0.6) is 0 Å². The summed E-state index contributed by atoms with van der Waals surface area (Å²) in [5, 5.41) is 16.4. The Hall–Kier alpha value is -1.36. The molecule has 0 bridgehead atoms. The summed E-state index contributed by atoms with van der Waals surface area (Å²) in [6.07, 6.45) is 6.20. The quantitative estimate of drug-likeness (QED) is 0.813. The zero-order valence-electron chi connectivity index (χ0n) is 10.3. The van der Waals surface area contributed by atoms with Crippen molar-refractivity contribution in [3.63, 3.8) is 0 Å². The predicted molar refractivity (Wildman–Crippen MR) is 63.5 cm³/mol.